The molecule has 0 saturated carbocycles. The SMILES string of the molecule is COC(=O)c1ccc(NCCn2cc(N)cn2)nc1C. The summed E-state index contributed by atoms with van der Waals surface area (Å²) in [6.07, 6.45) is 3.37. The predicted octanol–water partition coefficient (Wildman–Crippen LogP) is 1.07. The Morgan fingerprint density at radius 1 is 1.50 bits per heavy atom. The first-order valence-electron chi connectivity index (χ1n) is 6.18. The van der Waals surface area contributed by atoms with Crippen LogP contribution in [0.15, 0.2) is 24.5 Å². The number of ether oxygens (including phenoxy) is 1. The largest absolute Gasteiger partial charge is 0.465 e. The molecule has 7 heteroatoms. The van der Waals surface area contributed by atoms with Crippen LogP contribution >= 0.6 is 0 Å². The van der Waals surface area contributed by atoms with Crippen molar-refractivity contribution in [3.8, 4) is 0 Å². The van der Waals surface area contributed by atoms with E-state index in [0.717, 1.165) is 0 Å². The van der Waals surface area contributed by atoms with Gasteiger partial charge in [0, 0.05) is 12.7 Å². The number of nitrogen functional groups attached to an aromatic ring is 1. The van der Waals surface area contributed by atoms with Gasteiger partial charge in [0.2, 0.25) is 0 Å². The number of aryl methyl sites for hydroxylation is 1. The molecular weight excluding hydrogens is 258 g/mol. The molecule has 0 amide bonds. The molecule has 0 radical (unpaired) electrons. The summed E-state index contributed by atoms with van der Waals surface area (Å²) in [5.74, 6) is 0.323. The highest BCUT2D eigenvalue weighted by atomic mass is 16.5. The Labute approximate surface area is 116 Å². The monoisotopic (exact) mass is 275 g/mol. The van der Waals surface area contributed by atoms with Gasteiger partial charge in [0.25, 0.3) is 0 Å². The van der Waals surface area contributed by atoms with Crippen molar-refractivity contribution in [2.24, 2.45) is 0 Å². The lowest BCUT2D eigenvalue weighted by Gasteiger charge is -2.08. The Bertz CT molecular complexity index is 609. The number of nitrogens with zero attached hydrogens (tertiary/aromatic N) is 3. The maximum absolute atomic E-state index is 11.4. The quantitative estimate of drug-likeness (QED) is 0.792. The lowest BCUT2D eigenvalue weighted by molar-refractivity contribution is 0.0599. The summed E-state index contributed by atoms with van der Waals surface area (Å²) in [5.41, 5.74) is 7.32. The van der Waals surface area contributed by atoms with Crippen molar-refractivity contribution in [2.45, 2.75) is 13.5 Å². The van der Waals surface area contributed by atoms with Crippen LogP contribution in [0.2, 0.25) is 0 Å². The molecule has 2 aromatic rings. The van der Waals surface area contributed by atoms with E-state index >= 15 is 0 Å². The molecule has 0 unspecified atom stereocenters. The average Bonchev–Trinajstić information content (AvgIpc) is 2.84. The highest BCUT2D eigenvalue weighted by Crippen LogP contribution is 2.11. The van der Waals surface area contributed by atoms with Crippen LogP contribution in [-0.4, -0.2) is 34.4 Å². The predicted molar refractivity (Wildman–Crippen MR) is 75.4 cm³/mol. The number of carbonyl (C=O) groups excluding carboxylic acids is 1. The van der Waals surface area contributed by atoms with Crippen LogP contribution in [0.3, 0.4) is 0 Å². The molecule has 0 fully saturated rings. The van der Waals surface area contributed by atoms with Crippen LogP contribution in [0.4, 0.5) is 11.5 Å². The fourth-order valence-corrected chi connectivity index (χ4v) is 1.79. The molecular formula is C13H17N5O2. The molecule has 2 aromatic heterocycles. The highest BCUT2D eigenvalue weighted by Gasteiger charge is 2.10. The van der Waals surface area contributed by atoms with Crippen LogP contribution in [-0.2, 0) is 11.3 Å². The van der Waals surface area contributed by atoms with Gasteiger partial charge in [-0.2, -0.15) is 5.10 Å². The van der Waals surface area contributed by atoms with Gasteiger partial charge in [-0.3, -0.25) is 4.68 Å². The third-order valence-corrected chi connectivity index (χ3v) is 2.79. The van der Waals surface area contributed by atoms with Crippen LogP contribution in [0.1, 0.15) is 16.1 Å². The topological polar surface area (TPSA) is 95.1 Å². The second-order valence-electron chi connectivity index (χ2n) is 4.28. The number of esters is 1. The lowest BCUT2D eigenvalue weighted by atomic mass is 10.2. The maximum atomic E-state index is 11.4. The summed E-state index contributed by atoms with van der Waals surface area (Å²) in [7, 11) is 1.35. The molecule has 0 aromatic carbocycles. The van der Waals surface area contributed by atoms with E-state index in [1.54, 1.807) is 36.1 Å². The molecule has 7 nitrogen and oxygen atoms in total. The van der Waals surface area contributed by atoms with Crippen LogP contribution < -0.4 is 11.1 Å². The maximum Gasteiger partial charge on any atom is 0.339 e. The van der Waals surface area contributed by atoms with Crippen molar-refractivity contribution in [3.05, 3.63) is 35.8 Å². The van der Waals surface area contributed by atoms with Crippen LogP contribution in [0.5, 0.6) is 0 Å². The standard InChI is InChI=1S/C13H17N5O2/c1-9-11(13(19)20-2)3-4-12(17-9)15-5-6-18-8-10(14)7-16-18/h3-4,7-8H,5-6,14H2,1-2H3,(H,15,17). The number of hydrogen-bond acceptors (Lipinski definition) is 6. The van der Waals surface area contributed by atoms with E-state index in [1.807, 2.05) is 0 Å². The first-order valence-corrected chi connectivity index (χ1v) is 6.18. The fraction of sp³-hybridized carbons (Fsp3) is 0.308. The zero-order valence-corrected chi connectivity index (χ0v) is 11.5. The summed E-state index contributed by atoms with van der Waals surface area (Å²) >= 11 is 0. The number of nitrogens with one attached hydrogen (secondary N) is 1. The normalized spacial score (nSPS) is 10.3. The van der Waals surface area contributed by atoms with Crippen molar-refractivity contribution in [1.29, 1.82) is 0 Å². The van der Waals surface area contributed by atoms with Crippen molar-refractivity contribution in [3.63, 3.8) is 0 Å². The van der Waals surface area contributed by atoms with Crippen molar-refractivity contribution in [2.75, 3.05) is 24.7 Å². The summed E-state index contributed by atoms with van der Waals surface area (Å²) in [5, 5.41) is 7.25. The summed E-state index contributed by atoms with van der Waals surface area (Å²) in [6, 6.07) is 3.44. The minimum absolute atomic E-state index is 0.381. The van der Waals surface area contributed by atoms with E-state index in [-0.39, 0.29) is 5.97 Å². The average molecular weight is 275 g/mol. The molecule has 0 spiro atoms. The van der Waals surface area contributed by atoms with Gasteiger partial charge < -0.3 is 15.8 Å². The van der Waals surface area contributed by atoms with Gasteiger partial charge >= 0.3 is 5.97 Å². The molecule has 2 heterocycles. The molecule has 0 aliphatic carbocycles. The third kappa shape index (κ3) is 3.25. The van der Waals surface area contributed by atoms with Crippen molar-refractivity contribution < 1.29 is 9.53 Å². The van der Waals surface area contributed by atoms with Gasteiger partial charge in [-0.25, -0.2) is 9.78 Å². The molecule has 0 atom stereocenters. The van der Waals surface area contributed by atoms with E-state index in [9.17, 15) is 4.79 Å². The Morgan fingerprint density at radius 3 is 2.90 bits per heavy atom. The van der Waals surface area contributed by atoms with Gasteiger partial charge in [-0.1, -0.05) is 0 Å². The first kappa shape index (κ1) is 13.9. The molecule has 0 aliphatic rings. The minimum atomic E-state index is -0.381. The van der Waals surface area contributed by atoms with Crippen molar-refractivity contribution in [1.82, 2.24) is 14.8 Å². The Morgan fingerprint density at radius 2 is 2.30 bits per heavy atom. The number of methoxy groups -OCH3 is 1. The molecule has 0 saturated heterocycles. The van der Waals surface area contributed by atoms with E-state index in [0.29, 0.717) is 35.9 Å². The first-order chi connectivity index (χ1) is 9.60. The summed E-state index contributed by atoms with van der Waals surface area (Å²) in [4.78, 5) is 15.8. The van der Waals surface area contributed by atoms with Gasteiger partial charge in [0.15, 0.2) is 0 Å². The van der Waals surface area contributed by atoms with Crippen LogP contribution in [0, 0.1) is 6.92 Å². The van der Waals surface area contributed by atoms with E-state index in [2.05, 4.69) is 20.1 Å². The molecule has 106 valence electrons. The van der Waals surface area contributed by atoms with Gasteiger partial charge in [0.1, 0.15) is 5.82 Å². The molecule has 20 heavy (non-hydrogen) atoms. The lowest BCUT2D eigenvalue weighted by Crippen LogP contribution is -2.13. The van der Waals surface area contributed by atoms with Crippen LogP contribution in [0.25, 0.3) is 0 Å². The summed E-state index contributed by atoms with van der Waals surface area (Å²) in [6.45, 7) is 3.10. The summed E-state index contributed by atoms with van der Waals surface area (Å²) < 4.78 is 6.42. The number of hydrogen-bond donors (Lipinski definition) is 2. The second kappa shape index (κ2) is 6.05. The Hall–Kier alpha value is -2.57. The minimum Gasteiger partial charge on any atom is -0.465 e. The van der Waals surface area contributed by atoms with E-state index in [1.165, 1.54) is 7.11 Å². The van der Waals surface area contributed by atoms with Crippen molar-refractivity contribution >= 4 is 17.5 Å². The molecule has 0 bridgehead atoms. The fourth-order valence-electron chi connectivity index (χ4n) is 1.79. The number of carbonyl (C=O) groups is 1. The number of nitrogens with two attached hydrogens (primary N) is 1. The number of pyridine rings is 1. The number of aromatic nitrogens is 3. The number of rotatable bonds is 5. The smallest absolute Gasteiger partial charge is 0.339 e. The third-order valence-electron chi connectivity index (χ3n) is 2.79. The molecule has 3 N–H and O–H groups in total. The number of anilines is 2. The van der Waals surface area contributed by atoms with Gasteiger partial charge in [0.05, 0.1) is 36.8 Å². The van der Waals surface area contributed by atoms with Gasteiger partial charge in [-0.15, -0.1) is 0 Å². The Kier molecular flexibility index (Phi) is 4.19. The Balaban J connectivity index is 1.93. The molecule has 0 aliphatic heterocycles. The zero-order chi connectivity index (χ0) is 14.5. The van der Waals surface area contributed by atoms with E-state index < -0.39 is 0 Å². The second-order valence-corrected chi connectivity index (χ2v) is 4.28. The zero-order valence-electron chi connectivity index (χ0n) is 11.5. The van der Waals surface area contributed by atoms with E-state index in [4.69, 9.17) is 5.73 Å². The van der Waals surface area contributed by atoms with Gasteiger partial charge in [-0.05, 0) is 19.1 Å². The highest BCUT2D eigenvalue weighted by molar-refractivity contribution is 5.90. The molecule has 2 rings (SSSR count).